The maximum absolute atomic E-state index is 6.01. The van der Waals surface area contributed by atoms with Crippen molar-refractivity contribution in [1.29, 1.82) is 0 Å². The number of piperidine rings is 1. The zero-order valence-corrected chi connectivity index (χ0v) is 11.8. The minimum absolute atomic E-state index is 0.514. The van der Waals surface area contributed by atoms with Gasteiger partial charge in [-0.2, -0.15) is 0 Å². The van der Waals surface area contributed by atoms with Crippen LogP contribution in [0, 0.1) is 0 Å². The predicted molar refractivity (Wildman–Crippen MR) is 80.9 cm³/mol. The first kappa shape index (κ1) is 12.7. The van der Waals surface area contributed by atoms with E-state index in [1.54, 1.807) is 0 Å². The van der Waals surface area contributed by atoms with Gasteiger partial charge < -0.3 is 10.2 Å². The number of fused-ring (bicyclic) bond motifs is 1. The van der Waals surface area contributed by atoms with E-state index in [-0.39, 0.29) is 0 Å². The number of nitrogens with one attached hydrogen (secondary N) is 1. The molecule has 3 nitrogen and oxygen atoms in total. The van der Waals surface area contributed by atoms with E-state index in [0.29, 0.717) is 6.04 Å². The highest BCUT2D eigenvalue weighted by Crippen LogP contribution is 2.26. The van der Waals surface area contributed by atoms with E-state index in [4.69, 9.17) is 11.6 Å². The van der Waals surface area contributed by atoms with Crippen LogP contribution < -0.4 is 5.32 Å². The van der Waals surface area contributed by atoms with Gasteiger partial charge in [-0.25, -0.2) is 0 Å². The number of anilines is 1. The molecule has 1 N–H and O–H groups in total. The normalized spacial score (nSPS) is 20.6. The zero-order valence-electron chi connectivity index (χ0n) is 11.1. The summed E-state index contributed by atoms with van der Waals surface area (Å²) in [6.07, 6.45) is 4.32. The van der Waals surface area contributed by atoms with Crippen LogP contribution in [0.5, 0.6) is 0 Å². The highest BCUT2D eigenvalue weighted by atomic mass is 35.5. The Kier molecular flexibility index (Phi) is 3.58. The monoisotopic (exact) mass is 275 g/mol. The molecule has 0 amide bonds. The van der Waals surface area contributed by atoms with E-state index in [1.807, 2.05) is 30.5 Å². The molecule has 2 aromatic rings. The number of nitrogens with zero attached hydrogens (tertiary/aromatic N) is 2. The molecule has 0 radical (unpaired) electrons. The first-order valence-corrected chi connectivity index (χ1v) is 7.09. The average molecular weight is 276 g/mol. The van der Waals surface area contributed by atoms with Crippen molar-refractivity contribution in [1.82, 2.24) is 9.88 Å². The zero-order chi connectivity index (χ0) is 13.2. The summed E-state index contributed by atoms with van der Waals surface area (Å²) in [5.74, 6) is 0. The second-order valence-corrected chi connectivity index (χ2v) is 5.70. The molecule has 19 heavy (non-hydrogen) atoms. The van der Waals surface area contributed by atoms with E-state index in [1.165, 1.54) is 19.4 Å². The third-order valence-corrected chi connectivity index (χ3v) is 3.92. The van der Waals surface area contributed by atoms with Crippen LogP contribution in [0.2, 0.25) is 5.02 Å². The number of hydrogen-bond donors (Lipinski definition) is 1. The standard InChI is InChI=1S/C15H18ClN3/c1-19-8-2-3-12(10-19)18-14-6-7-17-15-9-11(16)4-5-13(14)15/h4-7,9,12H,2-3,8,10H2,1H3,(H,17,18). The van der Waals surface area contributed by atoms with Crippen molar-refractivity contribution >= 4 is 28.2 Å². The van der Waals surface area contributed by atoms with Crippen LogP contribution in [0.15, 0.2) is 30.5 Å². The van der Waals surface area contributed by atoms with Crippen LogP contribution in [0.4, 0.5) is 5.69 Å². The van der Waals surface area contributed by atoms with Crippen LogP contribution in [0.1, 0.15) is 12.8 Å². The highest BCUT2D eigenvalue weighted by Gasteiger charge is 2.17. The minimum atomic E-state index is 0.514. The van der Waals surface area contributed by atoms with Crippen molar-refractivity contribution in [2.75, 3.05) is 25.5 Å². The van der Waals surface area contributed by atoms with Crippen LogP contribution in [-0.2, 0) is 0 Å². The fraction of sp³-hybridized carbons (Fsp3) is 0.400. The molecule has 0 bridgehead atoms. The Bertz CT molecular complexity index is 585. The number of hydrogen-bond acceptors (Lipinski definition) is 3. The fourth-order valence-corrected chi connectivity index (χ4v) is 2.92. The smallest absolute Gasteiger partial charge is 0.0737 e. The molecule has 0 spiro atoms. The van der Waals surface area contributed by atoms with E-state index in [0.717, 1.165) is 28.2 Å². The second-order valence-electron chi connectivity index (χ2n) is 5.27. The topological polar surface area (TPSA) is 28.2 Å². The van der Waals surface area contributed by atoms with Crippen molar-refractivity contribution in [3.63, 3.8) is 0 Å². The van der Waals surface area contributed by atoms with Gasteiger partial charge in [0.15, 0.2) is 0 Å². The van der Waals surface area contributed by atoms with E-state index < -0.39 is 0 Å². The predicted octanol–water partition coefficient (Wildman–Crippen LogP) is 3.39. The van der Waals surface area contributed by atoms with Crippen LogP contribution in [0.25, 0.3) is 10.9 Å². The molecule has 2 heterocycles. The third-order valence-electron chi connectivity index (χ3n) is 3.69. The maximum Gasteiger partial charge on any atom is 0.0737 e. The molecule has 1 aromatic heterocycles. The molecular weight excluding hydrogens is 258 g/mol. The molecule has 1 aliphatic heterocycles. The summed E-state index contributed by atoms with van der Waals surface area (Å²) in [4.78, 5) is 6.75. The number of likely N-dealkylation sites (tertiary alicyclic amines) is 1. The number of pyridine rings is 1. The summed E-state index contributed by atoms with van der Waals surface area (Å²) < 4.78 is 0. The fourth-order valence-electron chi connectivity index (χ4n) is 2.75. The Labute approximate surface area is 118 Å². The summed E-state index contributed by atoms with van der Waals surface area (Å²) in [5.41, 5.74) is 2.10. The first-order chi connectivity index (χ1) is 9.22. The first-order valence-electron chi connectivity index (χ1n) is 6.72. The Morgan fingerprint density at radius 1 is 1.37 bits per heavy atom. The largest absolute Gasteiger partial charge is 0.380 e. The van der Waals surface area contributed by atoms with E-state index in [2.05, 4.69) is 22.2 Å². The maximum atomic E-state index is 6.01. The second kappa shape index (κ2) is 5.35. The Hall–Kier alpha value is -1.32. The van der Waals surface area contributed by atoms with Gasteiger partial charge in [0, 0.05) is 34.9 Å². The molecule has 0 aliphatic carbocycles. The van der Waals surface area contributed by atoms with E-state index >= 15 is 0 Å². The van der Waals surface area contributed by atoms with Gasteiger partial charge in [0.1, 0.15) is 0 Å². The average Bonchev–Trinajstić information content (AvgIpc) is 2.38. The molecule has 100 valence electrons. The molecular formula is C15H18ClN3. The summed E-state index contributed by atoms with van der Waals surface area (Å²) in [7, 11) is 2.18. The van der Waals surface area contributed by atoms with E-state index in [9.17, 15) is 0 Å². The molecule has 1 aromatic carbocycles. The lowest BCUT2D eigenvalue weighted by molar-refractivity contribution is 0.261. The number of aromatic nitrogens is 1. The lowest BCUT2D eigenvalue weighted by atomic mass is 10.1. The summed E-state index contributed by atoms with van der Waals surface area (Å²) in [6.45, 7) is 2.29. The van der Waals surface area contributed by atoms with Gasteiger partial charge in [-0.3, -0.25) is 4.98 Å². The van der Waals surface area contributed by atoms with Crippen LogP contribution in [0.3, 0.4) is 0 Å². The van der Waals surface area contributed by atoms with Crippen molar-refractivity contribution < 1.29 is 0 Å². The van der Waals surface area contributed by atoms with Gasteiger partial charge in [-0.15, -0.1) is 0 Å². The lowest BCUT2D eigenvalue weighted by Gasteiger charge is -2.31. The van der Waals surface area contributed by atoms with Gasteiger partial charge >= 0.3 is 0 Å². The highest BCUT2D eigenvalue weighted by molar-refractivity contribution is 6.31. The van der Waals surface area contributed by atoms with Crippen LogP contribution in [-0.4, -0.2) is 36.1 Å². The molecule has 1 unspecified atom stereocenters. The van der Waals surface area contributed by atoms with Crippen molar-refractivity contribution in [3.8, 4) is 0 Å². The summed E-state index contributed by atoms with van der Waals surface area (Å²) in [6, 6.07) is 8.43. The van der Waals surface area contributed by atoms with Gasteiger partial charge in [-0.1, -0.05) is 11.6 Å². The number of benzene rings is 1. The van der Waals surface area contributed by atoms with Crippen molar-refractivity contribution in [2.45, 2.75) is 18.9 Å². The van der Waals surface area contributed by atoms with Gasteiger partial charge in [0.2, 0.25) is 0 Å². The number of halogens is 1. The molecule has 1 aliphatic rings. The summed E-state index contributed by atoms with van der Waals surface area (Å²) in [5, 5.41) is 5.52. The molecule has 4 heteroatoms. The molecule has 1 atom stereocenters. The van der Waals surface area contributed by atoms with Gasteiger partial charge in [0.25, 0.3) is 0 Å². The van der Waals surface area contributed by atoms with Crippen molar-refractivity contribution in [3.05, 3.63) is 35.5 Å². The van der Waals surface area contributed by atoms with Crippen molar-refractivity contribution in [2.24, 2.45) is 0 Å². The SMILES string of the molecule is CN1CCCC(Nc2ccnc3cc(Cl)ccc23)C1. The summed E-state index contributed by atoms with van der Waals surface area (Å²) >= 11 is 6.01. The lowest BCUT2D eigenvalue weighted by Crippen LogP contribution is -2.39. The Balaban J connectivity index is 1.88. The quantitative estimate of drug-likeness (QED) is 0.911. The molecule has 1 fully saturated rings. The van der Waals surface area contributed by atoms with Gasteiger partial charge in [-0.05, 0) is 50.7 Å². The Morgan fingerprint density at radius 2 is 2.26 bits per heavy atom. The third kappa shape index (κ3) is 2.82. The number of rotatable bonds is 2. The molecule has 3 rings (SSSR count). The van der Waals surface area contributed by atoms with Crippen LogP contribution >= 0.6 is 11.6 Å². The Morgan fingerprint density at radius 3 is 3.11 bits per heavy atom. The minimum Gasteiger partial charge on any atom is -0.380 e. The molecule has 1 saturated heterocycles. The molecule has 0 saturated carbocycles. The number of likely N-dealkylation sites (N-methyl/N-ethyl adjacent to an activating group) is 1. The van der Waals surface area contributed by atoms with Gasteiger partial charge in [0.05, 0.1) is 5.52 Å².